The van der Waals surface area contributed by atoms with Crippen LogP contribution in [0.1, 0.15) is 29.2 Å². The van der Waals surface area contributed by atoms with Crippen LogP contribution in [-0.4, -0.2) is 0 Å². The zero-order chi connectivity index (χ0) is 10.0. The van der Waals surface area contributed by atoms with E-state index in [0.29, 0.717) is 0 Å². The fourth-order valence-corrected chi connectivity index (χ4v) is 1.58. The molecule has 0 N–H and O–H groups in total. The van der Waals surface area contributed by atoms with Crippen LogP contribution in [0.2, 0.25) is 5.02 Å². The zero-order valence-corrected chi connectivity index (χ0v) is 9.21. The van der Waals surface area contributed by atoms with Crippen molar-refractivity contribution >= 4 is 11.6 Å². The van der Waals surface area contributed by atoms with E-state index in [4.69, 9.17) is 11.6 Å². The average Bonchev–Trinajstić information content (AvgIpc) is 2.09. The highest BCUT2D eigenvalue weighted by atomic mass is 35.5. The quantitative estimate of drug-likeness (QED) is 0.551. The van der Waals surface area contributed by atoms with Crippen LogP contribution < -0.4 is 0 Å². The molecule has 0 saturated carbocycles. The van der Waals surface area contributed by atoms with Gasteiger partial charge in [0.1, 0.15) is 0 Å². The molecule has 1 heteroatoms. The van der Waals surface area contributed by atoms with Crippen molar-refractivity contribution in [3.63, 3.8) is 0 Å². The number of hydrogen-bond acceptors (Lipinski definition) is 0. The molecule has 0 fully saturated rings. The first-order valence-corrected chi connectivity index (χ1v) is 4.64. The van der Waals surface area contributed by atoms with E-state index in [0.717, 1.165) is 16.1 Å². The van der Waals surface area contributed by atoms with Crippen molar-refractivity contribution < 1.29 is 0 Å². The third-order valence-corrected chi connectivity index (χ3v) is 2.69. The van der Waals surface area contributed by atoms with Crippen LogP contribution in [0.25, 0.3) is 0 Å². The van der Waals surface area contributed by atoms with E-state index in [1.807, 2.05) is 19.9 Å². The summed E-state index contributed by atoms with van der Waals surface area (Å²) in [6.07, 6.45) is 0. The van der Waals surface area contributed by atoms with Crippen molar-refractivity contribution in [3.8, 4) is 11.8 Å². The molecule has 0 aromatic heterocycles. The Labute approximate surface area is 84.9 Å². The predicted molar refractivity (Wildman–Crippen MR) is 58.2 cm³/mol. The minimum atomic E-state index is 0.806. The maximum atomic E-state index is 6.06. The second-order valence-electron chi connectivity index (χ2n) is 3.18. The molecule has 0 radical (unpaired) electrons. The molecule has 0 atom stereocenters. The van der Waals surface area contributed by atoms with E-state index in [1.165, 1.54) is 11.1 Å². The average molecular weight is 193 g/mol. The standard InChI is InChI=1S/C12H13Cl/c1-5-6-11-9(3)8(2)7-12(13)10(11)4/h7H,1-4H3. The van der Waals surface area contributed by atoms with Gasteiger partial charge >= 0.3 is 0 Å². The summed E-state index contributed by atoms with van der Waals surface area (Å²) < 4.78 is 0. The summed E-state index contributed by atoms with van der Waals surface area (Å²) in [5.74, 6) is 6.00. The van der Waals surface area contributed by atoms with Crippen LogP contribution in [0.5, 0.6) is 0 Å². The van der Waals surface area contributed by atoms with Gasteiger partial charge in [-0.15, -0.1) is 5.92 Å². The summed E-state index contributed by atoms with van der Waals surface area (Å²) in [5.41, 5.74) is 4.59. The van der Waals surface area contributed by atoms with Gasteiger partial charge in [-0.05, 0) is 50.5 Å². The van der Waals surface area contributed by atoms with Crippen LogP contribution in [0.3, 0.4) is 0 Å². The summed E-state index contributed by atoms with van der Waals surface area (Å²) in [4.78, 5) is 0. The van der Waals surface area contributed by atoms with E-state index in [2.05, 4.69) is 25.7 Å². The second-order valence-corrected chi connectivity index (χ2v) is 3.58. The molecule has 13 heavy (non-hydrogen) atoms. The molecule has 0 saturated heterocycles. The van der Waals surface area contributed by atoms with Gasteiger partial charge in [-0.3, -0.25) is 0 Å². The van der Waals surface area contributed by atoms with Crippen molar-refractivity contribution in [1.82, 2.24) is 0 Å². The third-order valence-electron chi connectivity index (χ3n) is 2.29. The van der Waals surface area contributed by atoms with Crippen LogP contribution >= 0.6 is 11.6 Å². The third kappa shape index (κ3) is 1.87. The molecule has 1 rings (SSSR count). The highest BCUT2D eigenvalue weighted by Gasteiger charge is 2.06. The molecule has 0 aliphatic heterocycles. The Balaban J connectivity index is 3.52. The van der Waals surface area contributed by atoms with Gasteiger partial charge in [0.25, 0.3) is 0 Å². The number of hydrogen-bond donors (Lipinski definition) is 0. The summed E-state index contributed by atoms with van der Waals surface area (Å²) in [6.45, 7) is 7.99. The van der Waals surface area contributed by atoms with Gasteiger partial charge in [0.2, 0.25) is 0 Å². The number of rotatable bonds is 0. The van der Waals surface area contributed by atoms with Gasteiger partial charge in [0.15, 0.2) is 0 Å². The second kappa shape index (κ2) is 3.85. The Morgan fingerprint density at radius 2 is 1.77 bits per heavy atom. The number of benzene rings is 1. The van der Waals surface area contributed by atoms with Crippen molar-refractivity contribution in [3.05, 3.63) is 33.3 Å². The summed E-state index contributed by atoms with van der Waals surface area (Å²) in [5, 5.41) is 0.806. The molecule has 0 heterocycles. The lowest BCUT2D eigenvalue weighted by atomic mass is 9.99. The van der Waals surface area contributed by atoms with Gasteiger partial charge in [-0.1, -0.05) is 17.5 Å². The minimum Gasteiger partial charge on any atom is -0.101 e. The van der Waals surface area contributed by atoms with Crippen LogP contribution in [0.15, 0.2) is 6.07 Å². The Hall–Kier alpha value is -0.930. The van der Waals surface area contributed by atoms with E-state index in [1.54, 1.807) is 0 Å². The maximum absolute atomic E-state index is 6.06. The van der Waals surface area contributed by atoms with Crippen molar-refractivity contribution in [2.75, 3.05) is 0 Å². The normalized spacial score (nSPS) is 9.31. The molecule has 1 aromatic carbocycles. The molecule has 0 spiro atoms. The van der Waals surface area contributed by atoms with Crippen LogP contribution in [0, 0.1) is 32.6 Å². The monoisotopic (exact) mass is 192 g/mol. The summed E-state index contributed by atoms with van der Waals surface area (Å²) in [7, 11) is 0. The largest absolute Gasteiger partial charge is 0.101 e. The van der Waals surface area contributed by atoms with Gasteiger partial charge in [-0.2, -0.15) is 0 Å². The summed E-state index contributed by atoms with van der Waals surface area (Å²) >= 11 is 6.06. The lowest BCUT2D eigenvalue weighted by Crippen LogP contribution is -1.92. The van der Waals surface area contributed by atoms with Crippen LogP contribution in [-0.2, 0) is 0 Å². The first-order chi connectivity index (χ1) is 6.07. The van der Waals surface area contributed by atoms with E-state index in [9.17, 15) is 0 Å². The Morgan fingerprint density at radius 1 is 1.15 bits per heavy atom. The predicted octanol–water partition coefficient (Wildman–Crippen LogP) is 3.64. The van der Waals surface area contributed by atoms with Gasteiger partial charge in [-0.25, -0.2) is 0 Å². The first-order valence-electron chi connectivity index (χ1n) is 4.27. The fourth-order valence-electron chi connectivity index (χ4n) is 1.32. The topological polar surface area (TPSA) is 0 Å². The Kier molecular flexibility index (Phi) is 3.01. The Morgan fingerprint density at radius 3 is 2.31 bits per heavy atom. The van der Waals surface area contributed by atoms with Crippen molar-refractivity contribution in [1.29, 1.82) is 0 Å². The Bertz CT molecular complexity index is 366. The molecular weight excluding hydrogens is 180 g/mol. The molecule has 68 valence electrons. The van der Waals surface area contributed by atoms with Gasteiger partial charge in [0, 0.05) is 10.6 Å². The molecule has 0 aliphatic rings. The molecule has 0 aliphatic carbocycles. The number of halogens is 1. The minimum absolute atomic E-state index is 0.806. The maximum Gasteiger partial charge on any atom is 0.0450 e. The zero-order valence-electron chi connectivity index (χ0n) is 8.46. The molecule has 0 bridgehead atoms. The summed E-state index contributed by atoms with van der Waals surface area (Å²) in [6, 6.07) is 1.99. The van der Waals surface area contributed by atoms with Crippen molar-refractivity contribution in [2.24, 2.45) is 0 Å². The van der Waals surface area contributed by atoms with Gasteiger partial charge in [0.05, 0.1) is 0 Å². The lowest BCUT2D eigenvalue weighted by Gasteiger charge is -2.08. The lowest BCUT2D eigenvalue weighted by molar-refractivity contribution is 1.27. The van der Waals surface area contributed by atoms with E-state index < -0.39 is 0 Å². The smallest absolute Gasteiger partial charge is 0.0450 e. The highest BCUT2D eigenvalue weighted by molar-refractivity contribution is 6.31. The SMILES string of the molecule is CC#Cc1c(C)c(C)cc(Cl)c1C. The highest BCUT2D eigenvalue weighted by Crippen LogP contribution is 2.24. The first kappa shape index (κ1) is 10.2. The number of aryl methyl sites for hydroxylation is 1. The molecule has 1 aromatic rings. The van der Waals surface area contributed by atoms with Crippen LogP contribution in [0.4, 0.5) is 0 Å². The van der Waals surface area contributed by atoms with E-state index >= 15 is 0 Å². The van der Waals surface area contributed by atoms with E-state index in [-0.39, 0.29) is 0 Å². The fraction of sp³-hybridized carbons (Fsp3) is 0.333. The van der Waals surface area contributed by atoms with Gasteiger partial charge < -0.3 is 0 Å². The molecular formula is C12H13Cl. The molecule has 0 amide bonds. The molecule has 0 unspecified atom stereocenters. The van der Waals surface area contributed by atoms with Crippen molar-refractivity contribution in [2.45, 2.75) is 27.7 Å². The molecule has 0 nitrogen and oxygen atoms in total.